The normalized spacial score (nSPS) is 14.7. The average Bonchev–Trinajstić information content (AvgIpc) is 2.72. The van der Waals surface area contributed by atoms with E-state index in [4.69, 9.17) is 10.8 Å². The molecule has 1 amide bonds. The number of nitrogens with zero attached hydrogens (tertiary/aromatic N) is 2. The number of nitrogens with one attached hydrogen (secondary N) is 1. The third-order valence-electron chi connectivity index (χ3n) is 3.11. The van der Waals surface area contributed by atoms with Crippen molar-refractivity contribution in [3.63, 3.8) is 0 Å². The molecule has 0 saturated carbocycles. The minimum Gasteiger partial charge on any atom is -0.481 e. The molecule has 4 N–H and O–H groups in total. The first-order chi connectivity index (χ1) is 9.11. The van der Waals surface area contributed by atoms with Crippen molar-refractivity contribution in [1.29, 1.82) is 0 Å². The Hall–Kier alpha value is -1.89. The molecule has 0 aromatic carbocycles. The molecule has 1 aromatic heterocycles. The summed E-state index contributed by atoms with van der Waals surface area (Å²) in [6.45, 7) is 5.61. The molecule has 1 rings (SSSR count). The molecule has 2 unspecified atom stereocenters. The first-order valence-electron chi connectivity index (χ1n) is 6.37. The van der Waals surface area contributed by atoms with Crippen LogP contribution < -0.4 is 11.1 Å². The van der Waals surface area contributed by atoms with Gasteiger partial charge < -0.3 is 16.2 Å². The Morgan fingerprint density at radius 1 is 1.50 bits per heavy atom. The highest BCUT2D eigenvalue weighted by molar-refractivity contribution is 5.83. The number of rotatable bonds is 5. The summed E-state index contributed by atoms with van der Waals surface area (Å²) in [4.78, 5) is 23.0. The number of carbonyl (C=O) groups is 2. The molecule has 0 aliphatic carbocycles. The molecule has 0 saturated heterocycles. The monoisotopic (exact) mass is 282 g/mol. The van der Waals surface area contributed by atoms with Gasteiger partial charge in [-0.15, -0.1) is 0 Å². The van der Waals surface area contributed by atoms with Gasteiger partial charge in [0.1, 0.15) is 6.04 Å². The summed E-state index contributed by atoms with van der Waals surface area (Å²) in [5.74, 6) is -1.36. The van der Waals surface area contributed by atoms with Crippen molar-refractivity contribution in [3.05, 3.63) is 18.0 Å². The van der Waals surface area contributed by atoms with E-state index in [0.717, 1.165) is 0 Å². The first-order valence-corrected chi connectivity index (χ1v) is 6.37. The lowest BCUT2D eigenvalue weighted by atomic mass is 9.84. The highest BCUT2D eigenvalue weighted by atomic mass is 16.4. The number of aliphatic carboxylic acids is 1. The summed E-state index contributed by atoms with van der Waals surface area (Å²) in [6.07, 6.45) is 3.04. The molecule has 1 heterocycles. The van der Waals surface area contributed by atoms with E-state index in [1.807, 2.05) is 20.8 Å². The van der Waals surface area contributed by atoms with Crippen molar-refractivity contribution >= 4 is 11.9 Å². The maximum Gasteiger partial charge on any atom is 0.305 e. The molecule has 0 bridgehead atoms. The van der Waals surface area contributed by atoms with Crippen LogP contribution in [-0.4, -0.2) is 32.8 Å². The minimum atomic E-state index is -0.958. The van der Waals surface area contributed by atoms with Gasteiger partial charge in [0, 0.05) is 24.8 Å². The van der Waals surface area contributed by atoms with Crippen LogP contribution >= 0.6 is 0 Å². The van der Waals surface area contributed by atoms with Gasteiger partial charge in [-0.05, 0) is 5.41 Å². The molecule has 1 aromatic rings. The lowest BCUT2D eigenvalue weighted by Crippen LogP contribution is -2.48. The summed E-state index contributed by atoms with van der Waals surface area (Å²) < 4.78 is 1.56. The second kappa shape index (κ2) is 6.04. The van der Waals surface area contributed by atoms with E-state index in [1.165, 1.54) is 6.20 Å². The molecule has 7 nitrogen and oxygen atoms in total. The number of carboxylic acid groups (broad SMARTS) is 1. The van der Waals surface area contributed by atoms with Crippen LogP contribution in [0.4, 0.5) is 0 Å². The van der Waals surface area contributed by atoms with E-state index in [2.05, 4.69) is 10.4 Å². The fraction of sp³-hybridized carbons (Fsp3) is 0.615. The summed E-state index contributed by atoms with van der Waals surface area (Å²) in [5, 5.41) is 15.6. The number of amides is 1. The van der Waals surface area contributed by atoms with Gasteiger partial charge in [0.15, 0.2) is 0 Å². The first kappa shape index (κ1) is 16.2. The molecule has 0 aliphatic rings. The third-order valence-corrected chi connectivity index (χ3v) is 3.11. The maximum absolute atomic E-state index is 12.1. The smallest absolute Gasteiger partial charge is 0.305 e. The number of carbonyl (C=O) groups excluding carboxylic acids is 1. The molecule has 0 spiro atoms. The van der Waals surface area contributed by atoms with Gasteiger partial charge in [0.25, 0.3) is 0 Å². The lowest BCUT2D eigenvalue weighted by Gasteiger charge is -2.31. The Balaban J connectivity index is 2.78. The number of hydrogen-bond acceptors (Lipinski definition) is 4. The van der Waals surface area contributed by atoms with E-state index in [0.29, 0.717) is 5.56 Å². The molecular formula is C13H22N4O3. The standard InChI is InChI=1S/C13H22N4O3/c1-13(2,3)9(5-10(18)19)16-12(20)11(14)8-6-15-17(4)7-8/h6-7,9,11H,5,14H2,1-4H3,(H,16,20)(H,18,19). The summed E-state index contributed by atoms with van der Waals surface area (Å²) in [6, 6.07) is -1.35. The van der Waals surface area contributed by atoms with Gasteiger partial charge in [-0.3, -0.25) is 14.3 Å². The predicted molar refractivity (Wildman–Crippen MR) is 73.8 cm³/mol. The molecule has 20 heavy (non-hydrogen) atoms. The topological polar surface area (TPSA) is 110 Å². The summed E-state index contributed by atoms with van der Waals surface area (Å²) in [7, 11) is 1.73. The largest absolute Gasteiger partial charge is 0.481 e. The van der Waals surface area contributed by atoms with Crippen LogP contribution in [0.3, 0.4) is 0 Å². The molecule has 112 valence electrons. The van der Waals surface area contributed by atoms with Crippen LogP contribution in [0.5, 0.6) is 0 Å². The predicted octanol–water partition coefficient (Wildman–Crippen LogP) is 0.426. The Morgan fingerprint density at radius 3 is 2.50 bits per heavy atom. The van der Waals surface area contributed by atoms with Gasteiger partial charge in [0.05, 0.1) is 12.6 Å². The van der Waals surface area contributed by atoms with E-state index < -0.39 is 24.0 Å². The minimum absolute atomic E-state index is 0.144. The van der Waals surface area contributed by atoms with Crippen molar-refractivity contribution in [1.82, 2.24) is 15.1 Å². The lowest BCUT2D eigenvalue weighted by molar-refractivity contribution is -0.138. The number of aryl methyl sites for hydroxylation is 1. The molecule has 0 radical (unpaired) electrons. The summed E-state index contributed by atoms with van der Waals surface area (Å²) >= 11 is 0. The second-order valence-electron chi connectivity index (χ2n) is 5.95. The SMILES string of the molecule is Cn1cc(C(N)C(=O)NC(CC(=O)O)C(C)(C)C)cn1. The van der Waals surface area contributed by atoms with E-state index in [9.17, 15) is 9.59 Å². The van der Waals surface area contributed by atoms with Crippen molar-refractivity contribution < 1.29 is 14.7 Å². The number of aromatic nitrogens is 2. The number of nitrogens with two attached hydrogens (primary N) is 1. The van der Waals surface area contributed by atoms with Crippen LogP contribution in [0.25, 0.3) is 0 Å². The number of hydrogen-bond donors (Lipinski definition) is 3. The van der Waals surface area contributed by atoms with Gasteiger partial charge in [-0.25, -0.2) is 0 Å². The van der Waals surface area contributed by atoms with Crippen molar-refractivity contribution in [3.8, 4) is 0 Å². The van der Waals surface area contributed by atoms with Crippen molar-refractivity contribution in [2.24, 2.45) is 18.2 Å². The Labute approximate surface area is 118 Å². The van der Waals surface area contributed by atoms with Gasteiger partial charge in [0.2, 0.25) is 5.91 Å². The van der Waals surface area contributed by atoms with Crippen LogP contribution in [0, 0.1) is 5.41 Å². The quantitative estimate of drug-likeness (QED) is 0.725. The molecule has 0 fully saturated rings. The Kier molecular flexibility index (Phi) is 4.88. The second-order valence-corrected chi connectivity index (χ2v) is 5.95. The van der Waals surface area contributed by atoms with Crippen LogP contribution in [0.1, 0.15) is 38.8 Å². The zero-order chi connectivity index (χ0) is 15.5. The highest BCUT2D eigenvalue weighted by Gasteiger charge is 2.30. The van der Waals surface area contributed by atoms with E-state index in [1.54, 1.807) is 17.9 Å². The van der Waals surface area contributed by atoms with Crippen LogP contribution in [0.15, 0.2) is 12.4 Å². The number of carboxylic acids is 1. The molecular weight excluding hydrogens is 260 g/mol. The third kappa shape index (κ3) is 4.34. The Bertz CT molecular complexity index is 490. The molecule has 0 aliphatic heterocycles. The van der Waals surface area contributed by atoms with E-state index >= 15 is 0 Å². The van der Waals surface area contributed by atoms with Crippen molar-refractivity contribution in [2.75, 3.05) is 0 Å². The molecule has 2 atom stereocenters. The van der Waals surface area contributed by atoms with Gasteiger partial charge in [-0.1, -0.05) is 20.8 Å². The van der Waals surface area contributed by atoms with Crippen LogP contribution in [0.2, 0.25) is 0 Å². The van der Waals surface area contributed by atoms with Crippen LogP contribution in [-0.2, 0) is 16.6 Å². The van der Waals surface area contributed by atoms with Gasteiger partial charge in [-0.2, -0.15) is 5.10 Å². The highest BCUT2D eigenvalue weighted by Crippen LogP contribution is 2.22. The van der Waals surface area contributed by atoms with E-state index in [-0.39, 0.29) is 11.8 Å². The fourth-order valence-electron chi connectivity index (χ4n) is 1.76. The zero-order valence-electron chi connectivity index (χ0n) is 12.3. The maximum atomic E-state index is 12.1. The van der Waals surface area contributed by atoms with Gasteiger partial charge >= 0.3 is 5.97 Å². The average molecular weight is 282 g/mol. The molecule has 7 heteroatoms. The Morgan fingerprint density at radius 2 is 2.10 bits per heavy atom. The fourth-order valence-corrected chi connectivity index (χ4v) is 1.76. The zero-order valence-corrected chi connectivity index (χ0v) is 12.3. The summed E-state index contributed by atoms with van der Waals surface area (Å²) in [5.41, 5.74) is 6.08. The van der Waals surface area contributed by atoms with Crippen molar-refractivity contribution in [2.45, 2.75) is 39.3 Å².